The Morgan fingerprint density at radius 1 is 1.32 bits per heavy atom. The Bertz CT molecular complexity index is 485. The van der Waals surface area contributed by atoms with Crippen LogP contribution < -0.4 is 20.5 Å². The summed E-state index contributed by atoms with van der Waals surface area (Å²) in [5, 5.41) is 3.31. The molecule has 0 amide bonds. The average Bonchev–Trinajstić information content (AvgIpc) is 2.54. The molecule has 5 nitrogen and oxygen atoms in total. The molecule has 3 N–H and O–H groups in total. The van der Waals surface area contributed by atoms with Crippen molar-refractivity contribution in [1.82, 2.24) is 5.32 Å². The molecule has 0 heterocycles. The van der Waals surface area contributed by atoms with Crippen LogP contribution in [0, 0.1) is 0 Å². The topological polar surface area (TPSA) is 68.9 Å². The molecular weight excluding hydrogens is 278 g/mol. The number of methoxy groups -OCH3 is 1. The van der Waals surface area contributed by atoms with Crippen molar-refractivity contribution < 1.29 is 9.47 Å². The van der Waals surface area contributed by atoms with E-state index in [0.29, 0.717) is 18.5 Å². The van der Waals surface area contributed by atoms with E-state index in [1.807, 2.05) is 31.2 Å². The van der Waals surface area contributed by atoms with Crippen LogP contribution in [0.4, 0.5) is 0 Å². The van der Waals surface area contributed by atoms with E-state index in [1.165, 1.54) is 32.1 Å². The summed E-state index contributed by atoms with van der Waals surface area (Å²) in [6.07, 6.45) is 6.22. The summed E-state index contributed by atoms with van der Waals surface area (Å²) in [6, 6.07) is 8.05. The first-order valence-corrected chi connectivity index (χ1v) is 8.04. The van der Waals surface area contributed by atoms with Crippen molar-refractivity contribution in [2.45, 2.75) is 51.2 Å². The Kier molecular flexibility index (Phi) is 6.37. The van der Waals surface area contributed by atoms with Gasteiger partial charge in [0.15, 0.2) is 5.96 Å². The fourth-order valence-corrected chi connectivity index (χ4v) is 2.67. The lowest BCUT2D eigenvalue weighted by Gasteiger charge is -2.23. The third-order valence-corrected chi connectivity index (χ3v) is 3.85. The Labute approximate surface area is 132 Å². The number of nitrogens with one attached hydrogen (secondary N) is 1. The largest absolute Gasteiger partial charge is 0.497 e. The summed E-state index contributed by atoms with van der Waals surface area (Å²) in [5.41, 5.74) is 5.96. The van der Waals surface area contributed by atoms with E-state index in [4.69, 9.17) is 15.2 Å². The normalized spacial score (nSPS) is 17.8. The first-order valence-electron chi connectivity index (χ1n) is 8.04. The number of aliphatic imine (C=N–C) groups is 1. The van der Waals surface area contributed by atoms with Gasteiger partial charge in [-0.3, -0.25) is 0 Å². The van der Waals surface area contributed by atoms with E-state index in [2.05, 4.69) is 10.3 Å². The van der Waals surface area contributed by atoms with Gasteiger partial charge in [-0.25, -0.2) is 4.99 Å². The van der Waals surface area contributed by atoms with Crippen LogP contribution in [0.5, 0.6) is 11.5 Å². The first kappa shape index (κ1) is 16.5. The van der Waals surface area contributed by atoms with Gasteiger partial charge < -0.3 is 20.5 Å². The highest BCUT2D eigenvalue weighted by atomic mass is 16.5. The second kappa shape index (κ2) is 8.51. The van der Waals surface area contributed by atoms with Gasteiger partial charge in [0.25, 0.3) is 0 Å². The van der Waals surface area contributed by atoms with Gasteiger partial charge in [-0.1, -0.05) is 25.3 Å². The molecule has 0 spiro atoms. The molecule has 1 aliphatic rings. The van der Waals surface area contributed by atoms with E-state index in [1.54, 1.807) is 7.11 Å². The van der Waals surface area contributed by atoms with Crippen LogP contribution >= 0.6 is 0 Å². The molecule has 22 heavy (non-hydrogen) atoms. The van der Waals surface area contributed by atoms with E-state index in [9.17, 15) is 0 Å². The Morgan fingerprint density at radius 2 is 2.05 bits per heavy atom. The fourth-order valence-electron chi connectivity index (χ4n) is 2.67. The molecule has 0 bridgehead atoms. The molecular formula is C17H27N3O2. The summed E-state index contributed by atoms with van der Waals surface area (Å²) in [7, 11) is 1.64. The molecule has 5 heteroatoms. The molecule has 122 valence electrons. The standard InChI is InChI=1S/C17H27N3O2/c1-13(22-16-10-6-9-15(11-16)21-2)12-19-17(18)20-14-7-4-3-5-8-14/h6,9-11,13-14H,3-5,7-8,12H2,1-2H3,(H3,18,19,20). The predicted octanol–water partition coefficient (Wildman–Crippen LogP) is 2.70. The molecule has 0 aromatic heterocycles. The lowest BCUT2D eigenvalue weighted by atomic mass is 9.96. The molecule has 1 aliphatic carbocycles. The molecule has 0 aliphatic heterocycles. The lowest BCUT2D eigenvalue weighted by molar-refractivity contribution is 0.229. The van der Waals surface area contributed by atoms with Gasteiger partial charge in [0.05, 0.1) is 13.7 Å². The van der Waals surface area contributed by atoms with E-state index in [-0.39, 0.29) is 6.10 Å². The summed E-state index contributed by atoms with van der Waals surface area (Å²) < 4.78 is 11.0. The minimum atomic E-state index is -0.0428. The number of hydrogen-bond donors (Lipinski definition) is 2. The SMILES string of the molecule is COc1cccc(OC(C)CN=C(N)NC2CCCCC2)c1. The third kappa shape index (κ3) is 5.47. The van der Waals surface area contributed by atoms with E-state index < -0.39 is 0 Å². The van der Waals surface area contributed by atoms with E-state index in [0.717, 1.165) is 11.5 Å². The van der Waals surface area contributed by atoms with Crippen LogP contribution in [0.25, 0.3) is 0 Å². The molecule has 1 fully saturated rings. The van der Waals surface area contributed by atoms with Crippen molar-refractivity contribution in [1.29, 1.82) is 0 Å². The molecule has 1 atom stereocenters. The Balaban J connectivity index is 1.77. The van der Waals surface area contributed by atoms with Crippen LogP contribution in [0.1, 0.15) is 39.0 Å². The number of rotatable bonds is 6. The third-order valence-electron chi connectivity index (χ3n) is 3.85. The van der Waals surface area contributed by atoms with Gasteiger partial charge in [0.2, 0.25) is 0 Å². The Hall–Kier alpha value is -1.91. The molecule has 0 saturated heterocycles. The van der Waals surface area contributed by atoms with Crippen LogP contribution in [0.15, 0.2) is 29.3 Å². The zero-order valence-electron chi connectivity index (χ0n) is 13.5. The number of guanidine groups is 1. The quantitative estimate of drug-likeness (QED) is 0.626. The van der Waals surface area contributed by atoms with Crippen molar-refractivity contribution in [2.75, 3.05) is 13.7 Å². The highest BCUT2D eigenvalue weighted by Gasteiger charge is 2.13. The molecule has 1 unspecified atom stereocenters. The van der Waals surface area contributed by atoms with Crippen molar-refractivity contribution >= 4 is 5.96 Å². The second-order valence-electron chi connectivity index (χ2n) is 5.81. The van der Waals surface area contributed by atoms with Gasteiger partial charge in [0.1, 0.15) is 17.6 Å². The maximum absolute atomic E-state index is 5.96. The van der Waals surface area contributed by atoms with Crippen LogP contribution in [0.3, 0.4) is 0 Å². The van der Waals surface area contributed by atoms with Crippen LogP contribution in [0.2, 0.25) is 0 Å². The zero-order valence-corrected chi connectivity index (χ0v) is 13.5. The predicted molar refractivity (Wildman–Crippen MR) is 89.6 cm³/mol. The van der Waals surface area contributed by atoms with Crippen molar-refractivity contribution in [3.05, 3.63) is 24.3 Å². The van der Waals surface area contributed by atoms with Crippen molar-refractivity contribution in [3.63, 3.8) is 0 Å². The lowest BCUT2D eigenvalue weighted by Crippen LogP contribution is -2.41. The van der Waals surface area contributed by atoms with Gasteiger partial charge in [-0.15, -0.1) is 0 Å². The fraction of sp³-hybridized carbons (Fsp3) is 0.588. The minimum absolute atomic E-state index is 0.0428. The maximum atomic E-state index is 5.96. The highest BCUT2D eigenvalue weighted by Crippen LogP contribution is 2.20. The van der Waals surface area contributed by atoms with Gasteiger partial charge in [-0.2, -0.15) is 0 Å². The van der Waals surface area contributed by atoms with Crippen LogP contribution in [-0.4, -0.2) is 31.8 Å². The summed E-state index contributed by atoms with van der Waals surface area (Å²) in [6.45, 7) is 2.51. The first-order chi connectivity index (χ1) is 10.7. The van der Waals surface area contributed by atoms with Crippen molar-refractivity contribution in [2.24, 2.45) is 10.7 Å². The second-order valence-corrected chi connectivity index (χ2v) is 5.81. The molecule has 1 saturated carbocycles. The van der Waals surface area contributed by atoms with E-state index >= 15 is 0 Å². The smallest absolute Gasteiger partial charge is 0.188 e. The molecule has 1 aromatic rings. The average molecular weight is 305 g/mol. The molecule has 1 aromatic carbocycles. The number of hydrogen-bond acceptors (Lipinski definition) is 3. The van der Waals surface area contributed by atoms with Crippen LogP contribution in [-0.2, 0) is 0 Å². The minimum Gasteiger partial charge on any atom is -0.497 e. The Morgan fingerprint density at radius 3 is 2.77 bits per heavy atom. The maximum Gasteiger partial charge on any atom is 0.188 e. The number of nitrogens with zero attached hydrogens (tertiary/aromatic N) is 1. The number of benzene rings is 1. The van der Waals surface area contributed by atoms with Gasteiger partial charge >= 0.3 is 0 Å². The van der Waals surface area contributed by atoms with Gasteiger partial charge in [0, 0.05) is 12.1 Å². The number of ether oxygens (including phenoxy) is 2. The highest BCUT2D eigenvalue weighted by molar-refractivity contribution is 5.78. The molecule has 0 radical (unpaired) electrons. The van der Waals surface area contributed by atoms with Gasteiger partial charge in [-0.05, 0) is 31.9 Å². The summed E-state index contributed by atoms with van der Waals surface area (Å²) >= 11 is 0. The zero-order chi connectivity index (χ0) is 15.8. The summed E-state index contributed by atoms with van der Waals surface area (Å²) in [5.74, 6) is 2.08. The van der Waals surface area contributed by atoms with Crippen molar-refractivity contribution in [3.8, 4) is 11.5 Å². The number of nitrogens with two attached hydrogens (primary N) is 1. The summed E-state index contributed by atoms with van der Waals surface area (Å²) in [4.78, 5) is 4.38. The molecule has 2 rings (SSSR count). The monoisotopic (exact) mass is 305 g/mol.